The summed E-state index contributed by atoms with van der Waals surface area (Å²) in [5.74, 6) is 0.610. The van der Waals surface area contributed by atoms with E-state index >= 15 is 0 Å². The van der Waals surface area contributed by atoms with Gasteiger partial charge in [-0.3, -0.25) is 4.79 Å². The lowest BCUT2D eigenvalue weighted by Gasteiger charge is -2.22. The molecule has 19 heavy (non-hydrogen) atoms. The molecule has 0 bridgehead atoms. The summed E-state index contributed by atoms with van der Waals surface area (Å²) in [6.07, 6.45) is 2.42. The van der Waals surface area contributed by atoms with Crippen LogP contribution in [0.25, 0.3) is 0 Å². The maximum atomic E-state index is 11.7. The SMILES string of the molecule is CCN(C)C(=O)COc1ccc2c(c1)[C@@H](O)CCC2. The largest absolute Gasteiger partial charge is 0.484 e. The lowest BCUT2D eigenvalue weighted by Crippen LogP contribution is -2.31. The summed E-state index contributed by atoms with van der Waals surface area (Å²) in [6, 6.07) is 5.72. The predicted octanol–water partition coefficient (Wildman–Crippen LogP) is 1.91. The van der Waals surface area contributed by atoms with E-state index in [0.717, 1.165) is 24.8 Å². The fraction of sp³-hybridized carbons (Fsp3) is 0.533. The number of hydrogen-bond donors (Lipinski definition) is 1. The minimum absolute atomic E-state index is 0.0409. The van der Waals surface area contributed by atoms with E-state index in [1.807, 2.05) is 25.1 Å². The quantitative estimate of drug-likeness (QED) is 0.902. The van der Waals surface area contributed by atoms with E-state index in [1.54, 1.807) is 11.9 Å². The van der Waals surface area contributed by atoms with Gasteiger partial charge in [0.1, 0.15) is 5.75 Å². The molecule has 0 unspecified atom stereocenters. The first-order valence-corrected chi connectivity index (χ1v) is 6.79. The number of aliphatic hydroxyl groups excluding tert-OH is 1. The number of amides is 1. The zero-order chi connectivity index (χ0) is 13.8. The maximum Gasteiger partial charge on any atom is 0.260 e. The van der Waals surface area contributed by atoms with Gasteiger partial charge in [0.15, 0.2) is 6.61 Å². The minimum atomic E-state index is -0.402. The summed E-state index contributed by atoms with van der Waals surface area (Å²) < 4.78 is 5.50. The lowest BCUT2D eigenvalue weighted by molar-refractivity contribution is -0.131. The zero-order valence-electron chi connectivity index (χ0n) is 11.6. The molecule has 1 atom stereocenters. The second kappa shape index (κ2) is 6.06. The summed E-state index contributed by atoms with van der Waals surface area (Å²) in [5, 5.41) is 9.96. The highest BCUT2D eigenvalue weighted by atomic mass is 16.5. The van der Waals surface area contributed by atoms with E-state index < -0.39 is 6.10 Å². The standard InChI is InChI=1S/C15H21NO3/c1-3-16(2)15(18)10-19-12-8-7-11-5-4-6-14(17)13(11)9-12/h7-9,14,17H,3-6,10H2,1-2H3/t14-/m0/s1. The molecule has 0 radical (unpaired) electrons. The average Bonchev–Trinajstić information content (AvgIpc) is 2.44. The van der Waals surface area contributed by atoms with Crippen LogP contribution in [0.4, 0.5) is 0 Å². The van der Waals surface area contributed by atoms with Gasteiger partial charge in [0.05, 0.1) is 6.10 Å². The Kier molecular flexibility index (Phi) is 4.43. The van der Waals surface area contributed by atoms with Crippen molar-refractivity contribution in [1.82, 2.24) is 4.90 Å². The van der Waals surface area contributed by atoms with Crippen LogP contribution < -0.4 is 4.74 Å². The van der Waals surface area contributed by atoms with Gasteiger partial charge in [-0.15, -0.1) is 0 Å². The number of hydrogen-bond acceptors (Lipinski definition) is 3. The van der Waals surface area contributed by atoms with Gasteiger partial charge in [0, 0.05) is 13.6 Å². The fourth-order valence-corrected chi connectivity index (χ4v) is 2.27. The van der Waals surface area contributed by atoms with Crippen molar-refractivity contribution in [3.63, 3.8) is 0 Å². The Morgan fingerprint density at radius 3 is 3.05 bits per heavy atom. The zero-order valence-corrected chi connectivity index (χ0v) is 11.6. The van der Waals surface area contributed by atoms with Crippen molar-refractivity contribution in [2.24, 2.45) is 0 Å². The van der Waals surface area contributed by atoms with Crippen molar-refractivity contribution in [3.05, 3.63) is 29.3 Å². The highest BCUT2D eigenvalue weighted by Crippen LogP contribution is 2.32. The van der Waals surface area contributed by atoms with Gasteiger partial charge in [-0.2, -0.15) is 0 Å². The van der Waals surface area contributed by atoms with Crippen LogP contribution >= 0.6 is 0 Å². The number of fused-ring (bicyclic) bond motifs is 1. The summed E-state index contributed by atoms with van der Waals surface area (Å²) in [4.78, 5) is 13.3. The van der Waals surface area contributed by atoms with E-state index in [1.165, 1.54) is 5.56 Å². The van der Waals surface area contributed by atoms with Crippen molar-refractivity contribution >= 4 is 5.91 Å². The first-order valence-electron chi connectivity index (χ1n) is 6.79. The summed E-state index contributed by atoms with van der Waals surface area (Å²) in [6.45, 7) is 2.64. The average molecular weight is 263 g/mol. The molecule has 4 nitrogen and oxygen atoms in total. The summed E-state index contributed by atoms with van der Waals surface area (Å²) in [5.41, 5.74) is 2.13. The van der Waals surface area contributed by atoms with Crippen LogP contribution in [0.2, 0.25) is 0 Å². The van der Waals surface area contributed by atoms with Crippen molar-refractivity contribution in [1.29, 1.82) is 0 Å². The molecule has 1 aliphatic carbocycles. The Morgan fingerprint density at radius 2 is 2.32 bits per heavy atom. The maximum absolute atomic E-state index is 11.7. The Morgan fingerprint density at radius 1 is 1.53 bits per heavy atom. The van der Waals surface area contributed by atoms with Gasteiger partial charge in [0.25, 0.3) is 5.91 Å². The van der Waals surface area contributed by atoms with E-state index in [4.69, 9.17) is 4.74 Å². The number of aryl methyl sites for hydroxylation is 1. The second-order valence-corrected chi connectivity index (χ2v) is 4.97. The molecular weight excluding hydrogens is 242 g/mol. The smallest absolute Gasteiger partial charge is 0.260 e. The number of carbonyl (C=O) groups excluding carboxylic acids is 1. The van der Waals surface area contributed by atoms with Gasteiger partial charge in [-0.05, 0) is 49.4 Å². The highest BCUT2D eigenvalue weighted by Gasteiger charge is 2.18. The third-order valence-electron chi connectivity index (χ3n) is 3.66. The molecule has 0 fully saturated rings. The predicted molar refractivity (Wildman–Crippen MR) is 73.1 cm³/mol. The van der Waals surface area contributed by atoms with Crippen LogP contribution in [-0.4, -0.2) is 36.1 Å². The molecule has 1 N–H and O–H groups in total. The van der Waals surface area contributed by atoms with E-state index in [0.29, 0.717) is 12.3 Å². The van der Waals surface area contributed by atoms with Crippen molar-refractivity contribution in [3.8, 4) is 5.75 Å². The number of carbonyl (C=O) groups is 1. The highest BCUT2D eigenvalue weighted by molar-refractivity contribution is 5.77. The van der Waals surface area contributed by atoms with Crippen LogP contribution in [-0.2, 0) is 11.2 Å². The number of nitrogens with zero attached hydrogens (tertiary/aromatic N) is 1. The molecule has 104 valence electrons. The first kappa shape index (κ1) is 13.9. The molecular formula is C15H21NO3. The third kappa shape index (κ3) is 3.26. The molecule has 1 aromatic rings. The Hall–Kier alpha value is -1.55. The molecule has 2 rings (SSSR count). The summed E-state index contributed by atoms with van der Waals surface area (Å²) >= 11 is 0. The number of aliphatic hydroxyl groups is 1. The molecule has 1 amide bonds. The molecule has 0 saturated carbocycles. The number of ether oxygens (including phenoxy) is 1. The molecule has 4 heteroatoms. The van der Waals surface area contributed by atoms with Gasteiger partial charge in [0.2, 0.25) is 0 Å². The molecule has 0 aliphatic heterocycles. The number of likely N-dealkylation sites (N-methyl/N-ethyl adjacent to an activating group) is 1. The topological polar surface area (TPSA) is 49.8 Å². The monoisotopic (exact) mass is 263 g/mol. The molecule has 0 saturated heterocycles. The number of benzene rings is 1. The van der Waals surface area contributed by atoms with E-state index in [-0.39, 0.29) is 12.5 Å². The second-order valence-electron chi connectivity index (χ2n) is 4.97. The Balaban J connectivity index is 2.02. The minimum Gasteiger partial charge on any atom is -0.484 e. The van der Waals surface area contributed by atoms with Crippen LogP contribution in [0.5, 0.6) is 5.75 Å². The van der Waals surface area contributed by atoms with Crippen molar-refractivity contribution in [2.45, 2.75) is 32.3 Å². The number of rotatable bonds is 4. The third-order valence-corrected chi connectivity index (χ3v) is 3.66. The van der Waals surface area contributed by atoms with Crippen LogP contribution in [0.3, 0.4) is 0 Å². The van der Waals surface area contributed by atoms with Crippen LogP contribution in [0.1, 0.15) is 37.0 Å². The molecule has 0 aromatic heterocycles. The molecule has 0 spiro atoms. The Labute approximate surface area is 114 Å². The van der Waals surface area contributed by atoms with Crippen molar-refractivity contribution < 1.29 is 14.6 Å². The molecule has 1 aliphatic rings. The lowest BCUT2D eigenvalue weighted by atomic mass is 9.89. The normalized spacial score (nSPS) is 17.7. The first-order chi connectivity index (χ1) is 9.11. The van der Waals surface area contributed by atoms with Crippen LogP contribution in [0.15, 0.2) is 18.2 Å². The van der Waals surface area contributed by atoms with Gasteiger partial charge < -0.3 is 14.7 Å². The van der Waals surface area contributed by atoms with Gasteiger partial charge in [-0.25, -0.2) is 0 Å². The molecule has 1 aromatic carbocycles. The Bertz CT molecular complexity index is 459. The van der Waals surface area contributed by atoms with Crippen LogP contribution in [0, 0.1) is 0 Å². The molecule has 0 heterocycles. The van der Waals surface area contributed by atoms with E-state index in [2.05, 4.69) is 0 Å². The van der Waals surface area contributed by atoms with Gasteiger partial charge in [-0.1, -0.05) is 6.07 Å². The summed E-state index contributed by atoms with van der Waals surface area (Å²) in [7, 11) is 1.75. The van der Waals surface area contributed by atoms with Gasteiger partial charge >= 0.3 is 0 Å². The fourth-order valence-electron chi connectivity index (χ4n) is 2.27. The van der Waals surface area contributed by atoms with Crippen molar-refractivity contribution in [2.75, 3.05) is 20.2 Å². The van der Waals surface area contributed by atoms with E-state index in [9.17, 15) is 9.90 Å².